The van der Waals surface area contributed by atoms with Gasteiger partial charge in [0.05, 0.1) is 6.54 Å². The van der Waals surface area contributed by atoms with E-state index in [1.165, 1.54) is 0 Å². The van der Waals surface area contributed by atoms with Gasteiger partial charge in [-0.2, -0.15) is 0 Å². The van der Waals surface area contributed by atoms with E-state index in [0.29, 0.717) is 18.7 Å². The predicted octanol–water partition coefficient (Wildman–Crippen LogP) is 2.48. The summed E-state index contributed by atoms with van der Waals surface area (Å²) < 4.78 is 0. The maximum absolute atomic E-state index is 11.0. The van der Waals surface area contributed by atoms with Gasteiger partial charge in [-0.15, -0.1) is 4.91 Å². The second-order valence-electron chi connectivity index (χ2n) is 2.88. The number of nitrogens with one attached hydrogen (secondary N) is 1. The first-order chi connectivity index (χ1) is 6.76. The molecule has 0 aromatic heterocycles. The number of nitroso groups, excluding NO2 is 1. The van der Waals surface area contributed by atoms with Gasteiger partial charge in [0.25, 0.3) is 0 Å². The van der Waals surface area contributed by atoms with Crippen LogP contribution in [0, 0.1) is 4.91 Å². The molecule has 1 rings (SSSR count). The first-order valence-electron chi connectivity index (χ1n) is 4.45. The molecule has 0 atom stereocenters. The molecular formula is C10H12N2O2. The van der Waals surface area contributed by atoms with Crippen molar-refractivity contribution in [1.29, 1.82) is 0 Å². The highest BCUT2D eigenvalue weighted by molar-refractivity contribution is 5.82. The van der Waals surface area contributed by atoms with Crippen LogP contribution in [0.4, 0.5) is 11.4 Å². The first kappa shape index (κ1) is 10.4. The third-order valence-corrected chi connectivity index (χ3v) is 1.86. The summed E-state index contributed by atoms with van der Waals surface area (Å²) in [5, 5.41) is 5.73. The second kappa shape index (κ2) is 5.11. The quantitative estimate of drug-likeness (QED) is 0.729. The van der Waals surface area contributed by atoms with Gasteiger partial charge in [0.15, 0.2) is 5.78 Å². The Labute approximate surface area is 82.3 Å². The number of rotatable bonds is 5. The summed E-state index contributed by atoms with van der Waals surface area (Å²) in [4.78, 5) is 21.1. The van der Waals surface area contributed by atoms with Crippen LogP contribution < -0.4 is 5.32 Å². The largest absolute Gasteiger partial charge is 0.378 e. The maximum atomic E-state index is 11.0. The third kappa shape index (κ3) is 2.97. The molecule has 0 amide bonds. The number of anilines is 1. The average Bonchev–Trinajstić information content (AvgIpc) is 2.26. The number of ketones is 1. The molecule has 74 valence electrons. The molecule has 1 aromatic rings. The van der Waals surface area contributed by atoms with Gasteiger partial charge in [-0.1, -0.05) is 6.92 Å². The molecule has 0 bridgehead atoms. The van der Waals surface area contributed by atoms with E-state index in [-0.39, 0.29) is 5.78 Å². The Balaban J connectivity index is 2.51. The Morgan fingerprint density at radius 1 is 1.36 bits per heavy atom. The standard InChI is InChI=1S/C10H12N2O2/c1-2-10(13)7-11-8-3-5-9(12-14)6-4-8/h3-6,11H,2,7H2,1H3. The summed E-state index contributed by atoms with van der Waals surface area (Å²) in [5.41, 5.74) is 1.21. The number of carbonyl (C=O) groups is 1. The zero-order valence-electron chi connectivity index (χ0n) is 7.99. The molecule has 0 aliphatic rings. The molecule has 4 heteroatoms. The van der Waals surface area contributed by atoms with Crippen LogP contribution in [0.25, 0.3) is 0 Å². The monoisotopic (exact) mass is 192 g/mol. The number of Topliss-reactive ketones (excluding diaryl/α,β-unsaturated/α-hetero) is 1. The molecule has 0 spiro atoms. The number of carbonyl (C=O) groups excluding carboxylic acids is 1. The molecule has 0 unspecified atom stereocenters. The molecule has 14 heavy (non-hydrogen) atoms. The topological polar surface area (TPSA) is 58.5 Å². The molecule has 0 saturated carbocycles. The minimum absolute atomic E-state index is 0.155. The Kier molecular flexibility index (Phi) is 3.79. The van der Waals surface area contributed by atoms with Crippen molar-refractivity contribution in [3.63, 3.8) is 0 Å². The van der Waals surface area contributed by atoms with Gasteiger partial charge in [-0.25, -0.2) is 0 Å². The second-order valence-corrected chi connectivity index (χ2v) is 2.88. The Hall–Kier alpha value is -1.71. The van der Waals surface area contributed by atoms with E-state index >= 15 is 0 Å². The van der Waals surface area contributed by atoms with Gasteiger partial charge in [0.2, 0.25) is 0 Å². The molecule has 1 aromatic carbocycles. The lowest BCUT2D eigenvalue weighted by atomic mass is 10.2. The summed E-state index contributed by atoms with van der Waals surface area (Å²) in [6, 6.07) is 6.65. The van der Waals surface area contributed by atoms with Crippen molar-refractivity contribution in [3.8, 4) is 0 Å². The maximum Gasteiger partial charge on any atom is 0.151 e. The normalized spacial score (nSPS) is 9.50. The van der Waals surface area contributed by atoms with Crippen molar-refractivity contribution in [2.45, 2.75) is 13.3 Å². The fourth-order valence-corrected chi connectivity index (χ4v) is 0.966. The Morgan fingerprint density at radius 3 is 2.50 bits per heavy atom. The van der Waals surface area contributed by atoms with Crippen LogP contribution in [0.3, 0.4) is 0 Å². The molecular weight excluding hydrogens is 180 g/mol. The first-order valence-corrected chi connectivity index (χ1v) is 4.45. The van der Waals surface area contributed by atoms with Crippen molar-refractivity contribution in [3.05, 3.63) is 29.2 Å². The van der Waals surface area contributed by atoms with E-state index in [1.54, 1.807) is 24.3 Å². The third-order valence-electron chi connectivity index (χ3n) is 1.86. The van der Waals surface area contributed by atoms with Crippen molar-refractivity contribution in [2.75, 3.05) is 11.9 Å². The highest BCUT2D eigenvalue weighted by Gasteiger charge is 1.98. The van der Waals surface area contributed by atoms with Gasteiger partial charge in [0.1, 0.15) is 5.69 Å². The van der Waals surface area contributed by atoms with Crippen molar-refractivity contribution < 1.29 is 4.79 Å². The van der Waals surface area contributed by atoms with Crippen LogP contribution in [0.2, 0.25) is 0 Å². The predicted molar refractivity (Wildman–Crippen MR) is 55.7 cm³/mol. The fourth-order valence-electron chi connectivity index (χ4n) is 0.966. The minimum atomic E-state index is 0.155. The van der Waals surface area contributed by atoms with E-state index < -0.39 is 0 Å². The highest BCUT2D eigenvalue weighted by atomic mass is 16.3. The minimum Gasteiger partial charge on any atom is -0.378 e. The Bertz CT molecular complexity index is 319. The Morgan fingerprint density at radius 2 is 2.00 bits per heavy atom. The lowest BCUT2D eigenvalue weighted by Gasteiger charge is -2.03. The number of benzene rings is 1. The van der Waals surface area contributed by atoms with Gasteiger partial charge >= 0.3 is 0 Å². The number of nitrogens with zero attached hydrogens (tertiary/aromatic N) is 1. The molecule has 0 radical (unpaired) electrons. The summed E-state index contributed by atoms with van der Waals surface area (Å²) in [6.45, 7) is 2.15. The van der Waals surface area contributed by atoms with Crippen LogP contribution >= 0.6 is 0 Å². The van der Waals surface area contributed by atoms with E-state index in [4.69, 9.17) is 0 Å². The summed E-state index contributed by atoms with van der Waals surface area (Å²) >= 11 is 0. The van der Waals surface area contributed by atoms with E-state index in [0.717, 1.165) is 5.69 Å². The van der Waals surface area contributed by atoms with Crippen molar-refractivity contribution in [2.24, 2.45) is 5.18 Å². The zero-order valence-corrected chi connectivity index (χ0v) is 7.99. The van der Waals surface area contributed by atoms with Gasteiger partial charge < -0.3 is 5.32 Å². The van der Waals surface area contributed by atoms with Crippen LogP contribution in [-0.2, 0) is 4.79 Å². The highest BCUT2D eigenvalue weighted by Crippen LogP contribution is 2.15. The molecule has 0 saturated heterocycles. The molecule has 0 aliphatic heterocycles. The molecule has 0 fully saturated rings. The van der Waals surface area contributed by atoms with E-state index in [2.05, 4.69) is 10.5 Å². The fraction of sp³-hybridized carbons (Fsp3) is 0.300. The average molecular weight is 192 g/mol. The van der Waals surface area contributed by atoms with Gasteiger partial charge in [-0.05, 0) is 29.4 Å². The number of hydrogen-bond donors (Lipinski definition) is 1. The summed E-state index contributed by atoms with van der Waals surface area (Å²) in [5.74, 6) is 0.155. The summed E-state index contributed by atoms with van der Waals surface area (Å²) in [7, 11) is 0. The molecule has 4 nitrogen and oxygen atoms in total. The summed E-state index contributed by atoms with van der Waals surface area (Å²) in [6.07, 6.45) is 0.529. The zero-order chi connectivity index (χ0) is 10.4. The smallest absolute Gasteiger partial charge is 0.151 e. The van der Waals surface area contributed by atoms with Crippen LogP contribution in [0.5, 0.6) is 0 Å². The van der Waals surface area contributed by atoms with Crippen LogP contribution in [0.15, 0.2) is 29.4 Å². The van der Waals surface area contributed by atoms with E-state index in [9.17, 15) is 9.70 Å². The van der Waals surface area contributed by atoms with Gasteiger partial charge in [-0.3, -0.25) is 4.79 Å². The lowest BCUT2D eigenvalue weighted by Crippen LogP contribution is -2.11. The molecule has 0 aliphatic carbocycles. The SMILES string of the molecule is CCC(=O)CNc1ccc(N=O)cc1. The molecule has 0 heterocycles. The van der Waals surface area contributed by atoms with E-state index in [1.807, 2.05) is 6.92 Å². The van der Waals surface area contributed by atoms with Crippen LogP contribution in [-0.4, -0.2) is 12.3 Å². The molecule has 1 N–H and O–H groups in total. The van der Waals surface area contributed by atoms with Gasteiger partial charge in [0, 0.05) is 12.1 Å². The lowest BCUT2D eigenvalue weighted by molar-refractivity contribution is -0.117. The van der Waals surface area contributed by atoms with Crippen LogP contribution in [0.1, 0.15) is 13.3 Å². The van der Waals surface area contributed by atoms with Crippen molar-refractivity contribution >= 4 is 17.2 Å². The number of hydrogen-bond acceptors (Lipinski definition) is 4. The van der Waals surface area contributed by atoms with Crippen molar-refractivity contribution in [1.82, 2.24) is 0 Å².